The summed E-state index contributed by atoms with van der Waals surface area (Å²) in [6, 6.07) is 10.6. The number of benzene rings is 2. The second-order valence-electron chi connectivity index (χ2n) is 7.95. The number of hydrogen-bond acceptors (Lipinski definition) is 3. The van der Waals surface area contributed by atoms with Crippen LogP contribution in [0.25, 0.3) is 0 Å². The molecule has 0 bridgehead atoms. The summed E-state index contributed by atoms with van der Waals surface area (Å²) in [7, 11) is 0. The zero-order valence-electron chi connectivity index (χ0n) is 16.9. The molecule has 0 saturated heterocycles. The predicted octanol–water partition coefficient (Wildman–Crippen LogP) is 2.61. The Morgan fingerprint density at radius 3 is 2.61 bits per heavy atom. The van der Waals surface area contributed by atoms with E-state index in [1.807, 2.05) is 18.2 Å². The van der Waals surface area contributed by atoms with Crippen molar-refractivity contribution >= 4 is 11.6 Å². The number of carbonyl (C=O) groups is 1. The Kier molecular flexibility index (Phi) is 5.27. The normalized spacial score (nSPS) is 20.8. The first-order chi connectivity index (χ1) is 13.5. The van der Waals surface area contributed by atoms with E-state index < -0.39 is 0 Å². The molecule has 28 heavy (non-hydrogen) atoms. The number of quaternary nitrogens is 1. The van der Waals surface area contributed by atoms with Crippen LogP contribution in [0.1, 0.15) is 41.6 Å². The number of fused-ring (bicyclic) bond motifs is 2. The largest absolute Gasteiger partial charge is 0.490 e. The smallest absolute Gasteiger partial charge is 0.279 e. The quantitative estimate of drug-likeness (QED) is 0.859. The Hall–Kier alpha value is -2.53. The van der Waals surface area contributed by atoms with E-state index in [-0.39, 0.29) is 11.9 Å². The van der Waals surface area contributed by atoms with Gasteiger partial charge in [-0.1, -0.05) is 6.07 Å². The lowest BCUT2D eigenvalue weighted by molar-refractivity contribution is -0.924. The van der Waals surface area contributed by atoms with E-state index in [9.17, 15) is 4.79 Å². The molecule has 2 heterocycles. The van der Waals surface area contributed by atoms with E-state index in [0.717, 1.165) is 36.6 Å². The lowest BCUT2D eigenvalue weighted by atomic mass is 9.93. The third kappa shape index (κ3) is 3.85. The number of hydrogen-bond donors (Lipinski definition) is 2. The number of aryl methyl sites for hydroxylation is 2. The second-order valence-corrected chi connectivity index (χ2v) is 7.95. The number of anilines is 1. The molecule has 5 nitrogen and oxygen atoms in total. The third-order valence-electron chi connectivity index (χ3n) is 5.98. The minimum atomic E-state index is 0.0582. The fourth-order valence-electron chi connectivity index (χ4n) is 4.09. The van der Waals surface area contributed by atoms with Crippen molar-refractivity contribution < 1.29 is 19.2 Å². The summed E-state index contributed by atoms with van der Waals surface area (Å²) in [6.07, 6.45) is 1.85. The van der Waals surface area contributed by atoms with Crippen molar-refractivity contribution in [1.82, 2.24) is 0 Å². The Balaban J connectivity index is 1.46. The van der Waals surface area contributed by atoms with Gasteiger partial charge in [0.05, 0.1) is 19.8 Å². The fourth-order valence-corrected chi connectivity index (χ4v) is 4.09. The van der Waals surface area contributed by atoms with Gasteiger partial charge in [0.2, 0.25) is 0 Å². The van der Waals surface area contributed by atoms with Crippen LogP contribution in [0.5, 0.6) is 11.5 Å². The topological polar surface area (TPSA) is 52.0 Å². The average molecular weight is 381 g/mol. The van der Waals surface area contributed by atoms with Gasteiger partial charge in [-0.05, 0) is 61.7 Å². The van der Waals surface area contributed by atoms with E-state index in [4.69, 9.17) is 9.47 Å². The molecule has 0 fully saturated rings. The summed E-state index contributed by atoms with van der Waals surface area (Å²) in [6.45, 7) is 9.13. The molecule has 5 heteroatoms. The Labute approximate surface area is 166 Å². The van der Waals surface area contributed by atoms with Crippen LogP contribution < -0.4 is 19.7 Å². The molecule has 148 valence electrons. The minimum absolute atomic E-state index is 0.0582. The first kappa shape index (κ1) is 18.8. The maximum atomic E-state index is 12.6. The minimum Gasteiger partial charge on any atom is -0.490 e. The molecule has 2 N–H and O–H groups in total. The van der Waals surface area contributed by atoms with Crippen molar-refractivity contribution in [3.8, 4) is 11.5 Å². The van der Waals surface area contributed by atoms with Crippen LogP contribution in [-0.4, -0.2) is 32.2 Å². The van der Waals surface area contributed by atoms with Crippen molar-refractivity contribution in [2.45, 2.75) is 39.7 Å². The van der Waals surface area contributed by atoms with Gasteiger partial charge in [0, 0.05) is 24.1 Å². The SMILES string of the molecule is Cc1ccc(NC(=O)C[NH+]2CCc3cc4c(cc3[C@H]2C)OCCCO4)cc1C. The van der Waals surface area contributed by atoms with Crippen LogP contribution in [0.4, 0.5) is 5.69 Å². The predicted molar refractivity (Wildman–Crippen MR) is 109 cm³/mol. The summed E-state index contributed by atoms with van der Waals surface area (Å²) in [5.41, 5.74) is 5.87. The van der Waals surface area contributed by atoms with E-state index in [0.29, 0.717) is 19.8 Å². The molecule has 2 atom stereocenters. The van der Waals surface area contributed by atoms with Gasteiger partial charge in [-0.2, -0.15) is 0 Å². The van der Waals surface area contributed by atoms with E-state index >= 15 is 0 Å². The van der Waals surface area contributed by atoms with Gasteiger partial charge in [0.15, 0.2) is 18.0 Å². The van der Waals surface area contributed by atoms with Gasteiger partial charge in [-0.3, -0.25) is 4.79 Å². The highest BCUT2D eigenvalue weighted by molar-refractivity contribution is 5.91. The lowest BCUT2D eigenvalue weighted by Gasteiger charge is -2.32. The molecule has 1 unspecified atom stereocenters. The van der Waals surface area contributed by atoms with Crippen molar-refractivity contribution in [3.63, 3.8) is 0 Å². The molecule has 0 aliphatic carbocycles. The van der Waals surface area contributed by atoms with E-state index in [1.165, 1.54) is 27.2 Å². The summed E-state index contributed by atoms with van der Waals surface area (Å²) in [5, 5.41) is 3.06. The van der Waals surface area contributed by atoms with Crippen LogP contribution in [0, 0.1) is 13.8 Å². The average Bonchev–Trinajstić information content (AvgIpc) is 2.90. The molecule has 2 aliphatic rings. The molecule has 0 saturated carbocycles. The molecular weight excluding hydrogens is 352 g/mol. The Morgan fingerprint density at radius 2 is 1.86 bits per heavy atom. The van der Waals surface area contributed by atoms with Crippen LogP contribution >= 0.6 is 0 Å². The molecule has 4 rings (SSSR count). The number of carbonyl (C=O) groups excluding carboxylic acids is 1. The number of ether oxygens (including phenoxy) is 2. The summed E-state index contributed by atoms with van der Waals surface area (Å²) < 4.78 is 11.7. The van der Waals surface area contributed by atoms with Gasteiger partial charge in [0.25, 0.3) is 5.91 Å². The Morgan fingerprint density at radius 1 is 1.11 bits per heavy atom. The first-order valence-corrected chi connectivity index (χ1v) is 10.2. The van der Waals surface area contributed by atoms with Gasteiger partial charge >= 0.3 is 0 Å². The molecule has 0 spiro atoms. The second kappa shape index (κ2) is 7.84. The molecule has 2 aromatic rings. The number of amides is 1. The van der Waals surface area contributed by atoms with Gasteiger partial charge in [-0.25, -0.2) is 0 Å². The number of rotatable bonds is 3. The molecular formula is C23H29N2O3+. The fraction of sp³-hybridized carbons (Fsp3) is 0.435. The zero-order chi connectivity index (χ0) is 19.7. The zero-order valence-corrected chi connectivity index (χ0v) is 16.9. The van der Waals surface area contributed by atoms with Crippen molar-refractivity contribution in [3.05, 3.63) is 52.6 Å². The monoisotopic (exact) mass is 381 g/mol. The van der Waals surface area contributed by atoms with E-state index in [2.05, 4.69) is 38.2 Å². The standard InChI is InChI=1S/C23H28N2O3/c1-15-5-6-19(11-16(15)2)24-23(26)14-25-8-7-18-12-21-22(13-20(18)17(25)3)28-10-4-9-27-21/h5-6,11-13,17H,4,7-10,14H2,1-3H3,(H,24,26)/p+1/t17-/m1/s1. The molecule has 2 aromatic carbocycles. The Bertz CT molecular complexity index is 894. The molecule has 1 amide bonds. The van der Waals surface area contributed by atoms with Crippen molar-refractivity contribution in [2.75, 3.05) is 31.6 Å². The summed E-state index contributed by atoms with van der Waals surface area (Å²) in [5.74, 6) is 1.76. The van der Waals surface area contributed by atoms with E-state index in [1.54, 1.807) is 0 Å². The van der Waals surface area contributed by atoms with Crippen molar-refractivity contribution in [1.29, 1.82) is 0 Å². The highest BCUT2D eigenvalue weighted by Gasteiger charge is 2.31. The van der Waals surface area contributed by atoms with Crippen LogP contribution in [0.2, 0.25) is 0 Å². The van der Waals surface area contributed by atoms with Crippen LogP contribution in [0.15, 0.2) is 30.3 Å². The van der Waals surface area contributed by atoms with Crippen LogP contribution in [-0.2, 0) is 11.2 Å². The number of nitrogens with one attached hydrogen (secondary N) is 2. The van der Waals surface area contributed by atoms with Crippen molar-refractivity contribution in [2.24, 2.45) is 0 Å². The molecule has 2 aliphatic heterocycles. The van der Waals surface area contributed by atoms with Gasteiger partial charge < -0.3 is 19.7 Å². The van der Waals surface area contributed by atoms with Crippen LogP contribution in [0.3, 0.4) is 0 Å². The highest BCUT2D eigenvalue weighted by Crippen LogP contribution is 2.35. The maximum Gasteiger partial charge on any atom is 0.279 e. The van der Waals surface area contributed by atoms with Gasteiger partial charge in [0.1, 0.15) is 6.04 Å². The maximum absolute atomic E-state index is 12.6. The molecule has 0 radical (unpaired) electrons. The summed E-state index contributed by atoms with van der Waals surface area (Å²) >= 11 is 0. The third-order valence-corrected chi connectivity index (χ3v) is 5.98. The van der Waals surface area contributed by atoms with Gasteiger partial charge in [-0.15, -0.1) is 0 Å². The first-order valence-electron chi connectivity index (χ1n) is 10.2. The lowest BCUT2D eigenvalue weighted by Crippen LogP contribution is -3.14. The molecule has 0 aromatic heterocycles. The highest BCUT2D eigenvalue weighted by atomic mass is 16.5. The summed E-state index contributed by atoms with van der Waals surface area (Å²) in [4.78, 5) is 13.9.